The average Bonchev–Trinajstić information content (AvgIpc) is 2.35. The highest BCUT2D eigenvalue weighted by atomic mass is 19.1. The molecule has 3 heteroatoms. The van der Waals surface area contributed by atoms with Gasteiger partial charge in [0.05, 0.1) is 0 Å². The number of nitrogens with one attached hydrogen (secondary N) is 1. The third-order valence-electron chi connectivity index (χ3n) is 3.70. The predicted octanol–water partition coefficient (Wildman–Crippen LogP) is 2.57. The first-order valence-corrected chi connectivity index (χ1v) is 6.79. The van der Waals surface area contributed by atoms with Crippen LogP contribution in [0.3, 0.4) is 0 Å². The van der Waals surface area contributed by atoms with Gasteiger partial charge in [0.25, 0.3) is 0 Å². The van der Waals surface area contributed by atoms with Gasteiger partial charge in [0.2, 0.25) is 0 Å². The molecule has 0 saturated carbocycles. The summed E-state index contributed by atoms with van der Waals surface area (Å²) >= 11 is 0. The summed E-state index contributed by atoms with van der Waals surface area (Å²) in [5.41, 5.74) is 1.94. The molecule has 1 aromatic carbocycles. The van der Waals surface area contributed by atoms with Gasteiger partial charge in [0.1, 0.15) is 5.82 Å². The Bertz CT molecular complexity index is 386. The highest BCUT2D eigenvalue weighted by Gasteiger charge is 2.15. The first-order valence-electron chi connectivity index (χ1n) is 6.79. The normalized spacial score (nSPS) is 17.3. The van der Waals surface area contributed by atoms with E-state index in [4.69, 9.17) is 0 Å². The van der Waals surface area contributed by atoms with E-state index in [1.54, 1.807) is 6.07 Å². The monoisotopic (exact) mass is 250 g/mol. The summed E-state index contributed by atoms with van der Waals surface area (Å²) in [4.78, 5) is 2.35. The van der Waals surface area contributed by atoms with Crippen LogP contribution in [0.5, 0.6) is 0 Å². The van der Waals surface area contributed by atoms with Crippen molar-refractivity contribution < 1.29 is 4.39 Å². The van der Waals surface area contributed by atoms with Crippen molar-refractivity contribution >= 4 is 0 Å². The van der Waals surface area contributed by atoms with E-state index in [9.17, 15) is 4.39 Å². The largest absolute Gasteiger partial charge is 0.317 e. The van der Waals surface area contributed by atoms with E-state index < -0.39 is 0 Å². The third kappa shape index (κ3) is 3.79. The fraction of sp³-hybridized carbons (Fsp3) is 0.600. The molecule has 1 N–H and O–H groups in total. The van der Waals surface area contributed by atoms with Gasteiger partial charge in [-0.3, -0.25) is 0 Å². The summed E-state index contributed by atoms with van der Waals surface area (Å²) in [6.07, 6.45) is 2.54. The molecule has 2 rings (SSSR count). The third-order valence-corrected chi connectivity index (χ3v) is 3.70. The number of halogens is 1. The van der Waals surface area contributed by atoms with Crippen molar-refractivity contribution in [3.05, 3.63) is 35.1 Å². The zero-order valence-electron chi connectivity index (χ0n) is 11.4. The van der Waals surface area contributed by atoms with Crippen LogP contribution in [0.25, 0.3) is 0 Å². The SMILES string of the molecule is Cc1cc(CN(C)CC2CCNCC2)ccc1F. The van der Waals surface area contributed by atoms with Gasteiger partial charge in [-0.15, -0.1) is 0 Å². The molecule has 18 heavy (non-hydrogen) atoms. The molecule has 1 aromatic rings. The Labute approximate surface area is 109 Å². The Morgan fingerprint density at radius 3 is 2.72 bits per heavy atom. The number of benzene rings is 1. The topological polar surface area (TPSA) is 15.3 Å². The van der Waals surface area contributed by atoms with Crippen molar-refractivity contribution in [1.82, 2.24) is 10.2 Å². The lowest BCUT2D eigenvalue weighted by Gasteiger charge is -2.27. The van der Waals surface area contributed by atoms with Gasteiger partial charge in [0, 0.05) is 13.1 Å². The zero-order valence-corrected chi connectivity index (χ0v) is 11.4. The van der Waals surface area contributed by atoms with E-state index in [2.05, 4.69) is 17.3 Å². The quantitative estimate of drug-likeness (QED) is 0.883. The van der Waals surface area contributed by atoms with Gasteiger partial charge >= 0.3 is 0 Å². The molecule has 0 radical (unpaired) electrons. The van der Waals surface area contributed by atoms with Crippen LogP contribution in [-0.2, 0) is 6.54 Å². The van der Waals surface area contributed by atoms with Gasteiger partial charge in [0.15, 0.2) is 0 Å². The number of hydrogen-bond donors (Lipinski definition) is 1. The van der Waals surface area contributed by atoms with E-state index in [0.717, 1.165) is 37.7 Å². The highest BCUT2D eigenvalue weighted by molar-refractivity contribution is 5.23. The predicted molar refractivity (Wildman–Crippen MR) is 73.1 cm³/mol. The van der Waals surface area contributed by atoms with E-state index in [1.807, 2.05) is 19.1 Å². The first-order chi connectivity index (χ1) is 8.65. The standard InChI is InChI=1S/C15H23FN2/c1-12-9-14(3-4-15(12)16)11-18(2)10-13-5-7-17-8-6-13/h3-4,9,13,17H,5-8,10-11H2,1-2H3. The van der Waals surface area contributed by atoms with Crippen LogP contribution in [0, 0.1) is 18.7 Å². The Balaban J connectivity index is 1.85. The summed E-state index contributed by atoms with van der Waals surface area (Å²) in [6, 6.07) is 5.42. The Kier molecular flexibility index (Phi) is 4.72. The number of hydrogen-bond acceptors (Lipinski definition) is 2. The van der Waals surface area contributed by atoms with Crippen molar-refractivity contribution in [3.8, 4) is 0 Å². The number of nitrogens with zero attached hydrogens (tertiary/aromatic N) is 1. The maximum atomic E-state index is 13.2. The van der Waals surface area contributed by atoms with Crippen LogP contribution < -0.4 is 5.32 Å². The van der Waals surface area contributed by atoms with Crippen LogP contribution in [0.2, 0.25) is 0 Å². The second kappa shape index (κ2) is 6.30. The molecular weight excluding hydrogens is 227 g/mol. The molecule has 0 spiro atoms. The van der Waals surface area contributed by atoms with Crippen molar-refractivity contribution in [3.63, 3.8) is 0 Å². The molecule has 1 aliphatic rings. The molecule has 1 fully saturated rings. The average molecular weight is 250 g/mol. The molecule has 100 valence electrons. The fourth-order valence-electron chi connectivity index (χ4n) is 2.69. The van der Waals surface area contributed by atoms with Crippen molar-refractivity contribution in [2.75, 3.05) is 26.7 Å². The Hall–Kier alpha value is -0.930. The van der Waals surface area contributed by atoms with E-state index in [0.29, 0.717) is 0 Å². The van der Waals surface area contributed by atoms with Crippen LogP contribution in [0.1, 0.15) is 24.0 Å². The molecule has 0 unspecified atom stereocenters. The smallest absolute Gasteiger partial charge is 0.126 e. The molecule has 2 nitrogen and oxygen atoms in total. The van der Waals surface area contributed by atoms with Crippen LogP contribution in [0.4, 0.5) is 4.39 Å². The zero-order chi connectivity index (χ0) is 13.0. The number of rotatable bonds is 4. The van der Waals surface area contributed by atoms with Gasteiger partial charge in [-0.1, -0.05) is 12.1 Å². The number of piperidine rings is 1. The summed E-state index contributed by atoms with van der Waals surface area (Å²) in [7, 11) is 2.15. The Morgan fingerprint density at radius 2 is 2.06 bits per heavy atom. The maximum Gasteiger partial charge on any atom is 0.126 e. The van der Waals surface area contributed by atoms with Gasteiger partial charge in [-0.25, -0.2) is 4.39 Å². The van der Waals surface area contributed by atoms with Crippen LogP contribution in [0.15, 0.2) is 18.2 Å². The first kappa shape index (κ1) is 13.5. The lowest BCUT2D eigenvalue weighted by molar-refractivity contribution is 0.234. The summed E-state index contributed by atoms with van der Waals surface area (Å²) in [5, 5.41) is 3.39. The minimum Gasteiger partial charge on any atom is -0.317 e. The lowest BCUT2D eigenvalue weighted by atomic mass is 9.97. The van der Waals surface area contributed by atoms with Gasteiger partial charge in [-0.2, -0.15) is 0 Å². The van der Waals surface area contributed by atoms with E-state index in [-0.39, 0.29) is 5.82 Å². The Morgan fingerprint density at radius 1 is 1.33 bits per heavy atom. The minimum absolute atomic E-state index is 0.111. The second-order valence-corrected chi connectivity index (χ2v) is 5.47. The van der Waals surface area contributed by atoms with E-state index in [1.165, 1.54) is 18.4 Å². The van der Waals surface area contributed by atoms with Crippen molar-refractivity contribution in [2.24, 2.45) is 5.92 Å². The highest BCUT2D eigenvalue weighted by Crippen LogP contribution is 2.15. The molecule has 1 aliphatic heterocycles. The van der Waals surface area contributed by atoms with Crippen molar-refractivity contribution in [1.29, 1.82) is 0 Å². The number of aryl methyl sites for hydroxylation is 1. The van der Waals surface area contributed by atoms with Crippen LogP contribution in [-0.4, -0.2) is 31.6 Å². The van der Waals surface area contributed by atoms with Crippen molar-refractivity contribution in [2.45, 2.75) is 26.3 Å². The molecule has 0 bridgehead atoms. The molecule has 0 aromatic heterocycles. The summed E-state index contributed by atoms with van der Waals surface area (Å²) < 4.78 is 13.2. The van der Waals surface area contributed by atoms with E-state index >= 15 is 0 Å². The summed E-state index contributed by atoms with van der Waals surface area (Å²) in [6.45, 7) is 6.16. The molecule has 1 saturated heterocycles. The maximum absolute atomic E-state index is 13.2. The fourth-order valence-corrected chi connectivity index (χ4v) is 2.69. The molecule has 1 heterocycles. The molecular formula is C15H23FN2. The lowest BCUT2D eigenvalue weighted by Crippen LogP contribution is -2.34. The molecule has 0 aliphatic carbocycles. The van der Waals surface area contributed by atoms with Gasteiger partial charge in [-0.05, 0) is 63.0 Å². The molecule has 0 atom stereocenters. The summed E-state index contributed by atoms with van der Waals surface area (Å²) in [5.74, 6) is 0.692. The van der Waals surface area contributed by atoms with Gasteiger partial charge < -0.3 is 10.2 Å². The van der Waals surface area contributed by atoms with Crippen LogP contribution >= 0.6 is 0 Å². The minimum atomic E-state index is -0.111. The molecule has 0 amide bonds. The second-order valence-electron chi connectivity index (χ2n) is 5.47.